The molecule has 96 valence electrons. The van der Waals surface area contributed by atoms with Gasteiger partial charge in [0.15, 0.2) is 0 Å². The third-order valence-corrected chi connectivity index (χ3v) is 3.07. The molecule has 1 fully saturated rings. The highest BCUT2D eigenvalue weighted by Crippen LogP contribution is 2.22. The molecule has 2 heterocycles. The predicted molar refractivity (Wildman–Crippen MR) is 68.0 cm³/mol. The summed E-state index contributed by atoms with van der Waals surface area (Å²) in [6.07, 6.45) is 2.25. The lowest BCUT2D eigenvalue weighted by Crippen LogP contribution is -2.58. The van der Waals surface area contributed by atoms with Gasteiger partial charge < -0.3 is 10.6 Å². The maximum atomic E-state index is 11.7. The van der Waals surface area contributed by atoms with Gasteiger partial charge in [0, 0.05) is 18.0 Å². The number of hydrogen-bond donors (Lipinski definition) is 2. The van der Waals surface area contributed by atoms with Crippen molar-refractivity contribution in [1.82, 2.24) is 10.3 Å². The number of nitrogens with two attached hydrogens (primary N) is 1. The van der Waals surface area contributed by atoms with Crippen LogP contribution in [0.5, 0.6) is 0 Å². The summed E-state index contributed by atoms with van der Waals surface area (Å²) in [4.78, 5) is 29.1. The average Bonchev–Trinajstić information content (AvgIpc) is 2.32. The summed E-state index contributed by atoms with van der Waals surface area (Å²) in [5.41, 5.74) is 7.31. The first kappa shape index (κ1) is 12.3. The summed E-state index contributed by atoms with van der Waals surface area (Å²) in [5.74, 6) is -0.0338. The molecule has 0 spiro atoms. The number of hydrogen-bond acceptors (Lipinski definition) is 5. The van der Waals surface area contributed by atoms with E-state index in [0.29, 0.717) is 17.9 Å². The lowest BCUT2D eigenvalue weighted by atomic mass is 10.1. The Kier molecular flexibility index (Phi) is 3.18. The van der Waals surface area contributed by atoms with Gasteiger partial charge in [-0.1, -0.05) is 6.92 Å². The van der Waals surface area contributed by atoms with Crippen molar-refractivity contribution in [3.63, 3.8) is 0 Å². The fourth-order valence-corrected chi connectivity index (χ4v) is 2.00. The van der Waals surface area contributed by atoms with E-state index in [0.717, 1.165) is 5.56 Å². The van der Waals surface area contributed by atoms with E-state index in [1.54, 1.807) is 17.2 Å². The molecule has 1 saturated heterocycles. The number of nitrogen functional groups attached to an aromatic ring is 1. The van der Waals surface area contributed by atoms with Gasteiger partial charge in [-0.05, 0) is 18.9 Å². The van der Waals surface area contributed by atoms with Gasteiger partial charge in [0.25, 0.3) is 0 Å². The Morgan fingerprint density at radius 3 is 2.89 bits per heavy atom. The molecule has 1 aromatic heterocycles. The van der Waals surface area contributed by atoms with E-state index in [1.165, 1.54) is 0 Å². The second-order valence-corrected chi connectivity index (χ2v) is 4.36. The van der Waals surface area contributed by atoms with Gasteiger partial charge >= 0.3 is 0 Å². The number of pyridine rings is 1. The van der Waals surface area contributed by atoms with Gasteiger partial charge in [0.05, 0.1) is 6.54 Å². The topological polar surface area (TPSA) is 88.3 Å². The second kappa shape index (κ2) is 4.64. The number of piperazine rings is 1. The Morgan fingerprint density at radius 1 is 1.56 bits per heavy atom. The van der Waals surface area contributed by atoms with Crippen LogP contribution in [0.3, 0.4) is 0 Å². The monoisotopic (exact) mass is 248 g/mol. The molecule has 1 aliphatic heterocycles. The molecule has 1 aromatic rings. The molecule has 1 atom stereocenters. The fraction of sp³-hybridized carbons (Fsp3) is 0.417. The standard InChI is InChI=1S/C12H16N4O2/c1-3-9-12(18)15-11(17)6-16(9)10-4-8(13)7(2)5-14-10/h4-5,9H,3,6H2,1-2H3,(H2,13,14)(H,15,17,18). The molecular formula is C12H16N4O2. The van der Waals surface area contributed by atoms with E-state index in [1.807, 2.05) is 13.8 Å². The van der Waals surface area contributed by atoms with E-state index in [4.69, 9.17) is 5.73 Å². The van der Waals surface area contributed by atoms with Crippen molar-refractivity contribution < 1.29 is 9.59 Å². The number of rotatable bonds is 2. The molecule has 1 unspecified atom stereocenters. The summed E-state index contributed by atoms with van der Waals surface area (Å²) in [5, 5.41) is 2.33. The second-order valence-electron chi connectivity index (χ2n) is 4.36. The zero-order chi connectivity index (χ0) is 13.3. The maximum Gasteiger partial charge on any atom is 0.249 e. The first-order valence-corrected chi connectivity index (χ1v) is 5.85. The number of amides is 2. The molecule has 18 heavy (non-hydrogen) atoms. The summed E-state index contributed by atoms with van der Waals surface area (Å²) >= 11 is 0. The van der Waals surface area contributed by atoms with Gasteiger partial charge in [-0.2, -0.15) is 0 Å². The van der Waals surface area contributed by atoms with Crippen molar-refractivity contribution in [1.29, 1.82) is 0 Å². The number of nitrogens with zero attached hydrogens (tertiary/aromatic N) is 2. The zero-order valence-electron chi connectivity index (χ0n) is 10.4. The number of aromatic nitrogens is 1. The van der Waals surface area contributed by atoms with Crippen LogP contribution >= 0.6 is 0 Å². The van der Waals surface area contributed by atoms with Crippen LogP contribution in [0.1, 0.15) is 18.9 Å². The van der Waals surface area contributed by atoms with Crippen molar-refractivity contribution in [3.05, 3.63) is 17.8 Å². The van der Waals surface area contributed by atoms with Crippen LogP contribution in [0, 0.1) is 6.92 Å². The summed E-state index contributed by atoms with van der Waals surface area (Å²) in [6.45, 7) is 3.88. The highest BCUT2D eigenvalue weighted by Gasteiger charge is 2.33. The predicted octanol–water partition coefficient (Wildman–Crippen LogP) is 0.214. The number of aryl methyl sites for hydroxylation is 1. The third-order valence-electron chi connectivity index (χ3n) is 3.07. The number of carbonyl (C=O) groups is 2. The summed E-state index contributed by atoms with van der Waals surface area (Å²) in [7, 11) is 0. The highest BCUT2D eigenvalue weighted by atomic mass is 16.2. The Balaban J connectivity index is 2.36. The average molecular weight is 248 g/mol. The van der Waals surface area contributed by atoms with Crippen molar-refractivity contribution in [2.75, 3.05) is 17.2 Å². The third kappa shape index (κ3) is 2.13. The van der Waals surface area contributed by atoms with Crippen LogP contribution < -0.4 is 16.0 Å². The number of carbonyl (C=O) groups excluding carboxylic acids is 2. The minimum absolute atomic E-state index is 0.125. The fourth-order valence-electron chi connectivity index (χ4n) is 2.00. The number of anilines is 2. The highest BCUT2D eigenvalue weighted by molar-refractivity contribution is 6.04. The van der Waals surface area contributed by atoms with E-state index in [9.17, 15) is 9.59 Å². The quantitative estimate of drug-likeness (QED) is 0.731. The van der Waals surface area contributed by atoms with Crippen LogP contribution in [-0.4, -0.2) is 29.4 Å². The van der Waals surface area contributed by atoms with E-state index in [-0.39, 0.29) is 24.4 Å². The van der Waals surface area contributed by atoms with Crippen molar-refractivity contribution in [3.8, 4) is 0 Å². The molecule has 6 heteroatoms. The zero-order valence-corrected chi connectivity index (χ0v) is 10.4. The van der Waals surface area contributed by atoms with Gasteiger partial charge in [0.2, 0.25) is 11.8 Å². The molecule has 0 saturated carbocycles. The Bertz CT molecular complexity index is 501. The largest absolute Gasteiger partial charge is 0.398 e. The molecule has 1 aliphatic rings. The molecule has 2 rings (SSSR count). The van der Waals surface area contributed by atoms with Gasteiger partial charge in [-0.3, -0.25) is 14.9 Å². The smallest absolute Gasteiger partial charge is 0.249 e. The van der Waals surface area contributed by atoms with Crippen molar-refractivity contribution in [2.45, 2.75) is 26.3 Å². The van der Waals surface area contributed by atoms with Gasteiger partial charge in [-0.15, -0.1) is 0 Å². The van der Waals surface area contributed by atoms with Gasteiger partial charge in [0.1, 0.15) is 11.9 Å². The minimum atomic E-state index is -0.377. The minimum Gasteiger partial charge on any atom is -0.398 e. The molecule has 0 aliphatic carbocycles. The Morgan fingerprint density at radius 2 is 2.28 bits per heavy atom. The summed E-state index contributed by atoms with van der Waals surface area (Å²) in [6, 6.07) is 1.32. The van der Waals surface area contributed by atoms with Gasteiger partial charge in [-0.25, -0.2) is 4.98 Å². The molecule has 0 bridgehead atoms. The molecule has 6 nitrogen and oxygen atoms in total. The molecule has 0 aromatic carbocycles. The number of nitrogens with one attached hydrogen (secondary N) is 1. The number of imide groups is 1. The first-order valence-electron chi connectivity index (χ1n) is 5.85. The maximum absolute atomic E-state index is 11.7. The van der Waals surface area contributed by atoms with E-state index in [2.05, 4.69) is 10.3 Å². The summed E-state index contributed by atoms with van der Waals surface area (Å²) < 4.78 is 0. The SMILES string of the molecule is CCC1C(=O)NC(=O)CN1c1cc(N)c(C)cn1. The Hall–Kier alpha value is -2.11. The molecule has 3 N–H and O–H groups in total. The molecule has 0 radical (unpaired) electrons. The van der Waals surface area contributed by atoms with Crippen LogP contribution in [0.15, 0.2) is 12.3 Å². The lowest BCUT2D eigenvalue weighted by molar-refractivity contribution is -0.132. The van der Waals surface area contributed by atoms with Crippen LogP contribution in [0.2, 0.25) is 0 Å². The van der Waals surface area contributed by atoms with E-state index >= 15 is 0 Å². The van der Waals surface area contributed by atoms with Crippen LogP contribution in [0.25, 0.3) is 0 Å². The van der Waals surface area contributed by atoms with Crippen LogP contribution in [0.4, 0.5) is 11.5 Å². The van der Waals surface area contributed by atoms with E-state index < -0.39 is 0 Å². The Labute approximate surface area is 105 Å². The molecular weight excluding hydrogens is 232 g/mol. The van der Waals surface area contributed by atoms with Crippen molar-refractivity contribution in [2.24, 2.45) is 0 Å². The molecule has 2 amide bonds. The first-order chi connectivity index (χ1) is 8.52. The normalized spacial score (nSPS) is 19.9. The lowest BCUT2D eigenvalue weighted by Gasteiger charge is -2.34. The van der Waals surface area contributed by atoms with Crippen LogP contribution in [-0.2, 0) is 9.59 Å². The van der Waals surface area contributed by atoms with Crippen molar-refractivity contribution >= 4 is 23.3 Å².